The molecular formula is C19H34N8O7. The number of nitrogens with zero attached hydrogens (tertiary/aromatic N) is 2. The summed E-state index contributed by atoms with van der Waals surface area (Å²) in [4.78, 5) is 65.8. The first-order chi connectivity index (χ1) is 16.0. The van der Waals surface area contributed by atoms with Gasteiger partial charge >= 0.3 is 5.97 Å². The van der Waals surface area contributed by atoms with Crippen molar-refractivity contribution in [1.82, 2.24) is 15.5 Å². The lowest BCUT2D eigenvalue weighted by atomic mass is 10.1. The number of likely N-dealkylation sites (tertiary alicyclic amines) is 1. The summed E-state index contributed by atoms with van der Waals surface area (Å²) in [6.45, 7) is -0.279. The number of carboxylic acid groups (broad SMARTS) is 1. The largest absolute Gasteiger partial charge is 0.480 e. The molecule has 192 valence electrons. The number of hydrogen-bond donors (Lipinski definition) is 8. The van der Waals surface area contributed by atoms with Crippen molar-refractivity contribution < 1.29 is 34.2 Å². The summed E-state index contributed by atoms with van der Waals surface area (Å²) >= 11 is 0. The second kappa shape index (κ2) is 13.9. The molecule has 4 amide bonds. The average molecular weight is 487 g/mol. The van der Waals surface area contributed by atoms with Gasteiger partial charge in [0.1, 0.15) is 24.2 Å². The first-order valence-electron chi connectivity index (χ1n) is 10.8. The first kappa shape index (κ1) is 28.6. The van der Waals surface area contributed by atoms with E-state index in [2.05, 4.69) is 15.6 Å². The van der Waals surface area contributed by atoms with Crippen LogP contribution in [0.25, 0.3) is 0 Å². The number of aliphatic hydroxyl groups excluding tert-OH is 1. The van der Waals surface area contributed by atoms with E-state index in [0.29, 0.717) is 12.8 Å². The van der Waals surface area contributed by atoms with Gasteiger partial charge < -0.3 is 48.7 Å². The molecule has 1 fully saturated rings. The van der Waals surface area contributed by atoms with Crippen molar-refractivity contribution in [3.63, 3.8) is 0 Å². The molecule has 1 saturated heterocycles. The minimum Gasteiger partial charge on any atom is -0.480 e. The molecule has 15 heteroatoms. The van der Waals surface area contributed by atoms with Gasteiger partial charge in [-0.1, -0.05) is 0 Å². The highest BCUT2D eigenvalue weighted by Crippen LogP contribution is 2.20. The zero-order valence-corrected chi connectivity index (χ0v) is 18.8. The number of carbonyl (C=O) groups is 5. The molecule has 15 nitrogen and oxygen atoms in total. The van der Waals surface area contributed by atoms with Crippen molar-refractivity contribution in [2.45, 2.75) is 62.7 Å². The monoisotopic (exact) mass is 486 g/mol. The Balaban J connectivity index is 2.90. The van der Waals surface area contributed by atoms with Gasteiger partial charge in [-0.3, -0.25) is 24.2 Å². The van der Waals surface area contributed by atoms with Crippen molar-refractivity contribution in [1.29, 1.82) is 0 Å². The van der Waals surface area contributed by atoms with Crippen LogP contribution < -0.4 is 33.6 Å². The third kappa shape index (κ3) is 9.19. The number of aliphatic hydroxyl groups is 1. The van der Waals surface area contributed by atoms with Crippen LogP contribution in [0.15, 0.2) is 4.99 Å². The van der Waals surface area contributed by atoms with Gasteiger partial charge in [0.2, 0.25) is 23.6 Å². The highest BCUT2D eigenvalue weighted by atomic mass is 16.4. The second-order valence-electron chi connectivity index (χ2n) is 7.89. The Morgan fingerprint density at radius 3 is 2.29 bits per heavy atom. The molecule has 1 aliphatic rings. The Morgan fingerprint density at radius 2 is 1.74 bits per heavy atom. The number of guanidine groups is 1. The van der Waals surface area contributed by atoms with Gasteiger partial charge in [-0.2, -0.15) is 0 Å². The Morgan fingerprint density at radius 1 is 1.06 bits per heavy atom. The maximum absolute atomic E-state index is 13.1. The Bertz CT molecular complexity index is 787. The quantitative estimate of drug-likeness (QED) is 0.0664. The second-order valence-corrected chi connectivity index (χ2v) is 7.89. The van der Waals surface area contributed by atoms with E-state index in [1.807, 2.05) is 0 Å². The number of aliphatic imine (C=N–C) groups is 1. The Hall–Kier alpha value is -3.46. The molecule has 4 unspecified atom stereocenters. The number of carbonyl (C=O) groups excluding carboxylic acids is 4. The molecule has 0 aromatic heterocycles. The van der Waals surface area contributed by atoms with E-state index >= 15 is 0 Å². The van der Waals surface area contributed by atoms with Crippen molar-refractivity contribution in [2.75, 3.05) is 19.7 Å². The normalized spacial score (nSPS) is 17.8. The van der Waals surface area contributed by atoms with Crippen molar-refractivity contribution >= 4 is 35.6 Å². The topological polar surface area (TPSA) is 270 Å². The van der Waals surface area contributed by atoms with Gasteiger partial charge in [-0.05, 0) is 32.1 Å². The van der Waals surface area contributed by atoms with E-state index < -0.39 is 60.4 Å². The van der Waals surface area contributed by atoms with Gasteiger partial charge in [-0.15, -0.1) is 0 Å². The van der Waals surface area contributed by atoms with Crippen LogP contribution in [0.3, 0.4) is 0 Å². The van der Waals surface area contributed by atoms with Crippen LogP contribution in [0.1, 0.15) is 38.5 Å². The molecule has 0 aromatic carbocycles. The number of nitrogens with two attached hydrogens (primary N) is 4. The molecule has 1 rings (SSSR count). The van der Waals surface area contributed by atoms with E-state index in [1.165, 1.54) is 4.90 Å². The average Bonchev–Trinajstić information content (AvgIpc) is 3.26. The molecule has 1 aliphatic heterocycles. The summed E-state index contributed by atoms with van der Waals surface area (Å²) in [6.07, 6.45) is 0.769. The SMILES string of the molecule is NC(=O)CCC(NC(=O)C(N)CO)C(=O)N1CCCC1C(=O)NC(CCCN=C(N)N)C(=O)O. The fourth-order valence-corrected chi connectivity index (χ4v) is 3.44. The smallest absolute Gasteiger partial charge is 0.326 e. The van der Waals surface area contributed by atoms with Crippen LogP contribution >= 0.6 is 0 Å². The summed E-state index contributed by atoms with van der Waals surface area (Å²) in [5.74, 6) is -4.19. The zero-order valence-electron chi connectivity index (χ0n) is 18.8. The maximum Gasteiger partial charge on any atom is 0.326 e. The third-order valence-corrected chi connectivity index (χ3v) is 5.23. The number of aliphatic carboxylic acids is 1. The molecule has 0 radical (unpaired) electrons. The summed E-state index contributed by atoms with van der Waals surface area (Å²) in [5, 5.41) is 23.3. The van der Waals surface area contributed by atoms with Crippen molar-refractivity contribution in [3.05, 3.63) is 0 Å². The zero-order chi connectivity index (χ0) is 25.8. The van der Waals surface area contributed by atoms with Gasteiger partial charge in [0.05, 0.1) is 6.61 Å². The van der Waals surface area contributed by atoms with E-state index in [4.69, 9.17) is 28.0 Å². The van der Waals surface area contributed by atoms with E-state index in [-0.39, 0.29) is 44.7 Å². The van der Waals surface area contributed by atoms with Crippen molar-refractivity contribution in [3.8, 4) is 0 Å². The summed E-state index contributed by atoms with van der Waals surface area (Å²) in [5.41, 5.74) is 21.1. The predicted octanol–water partition coefficient (Wildman–Crippen LogP) is -4.33. The van der Waals surface area contributed by atoms with E-state index in [0.717, 1.165) is 0 Å². The number of carboxylic acids is 1. The molecule has 0 saturated carbocycles. The number of primary amides is 1. The molecule has 0 spiro atoms. The number of rotatable bonds is 14. The highest BCUT2D eigenvalue weighted by Gasteiger charge is 2.39. The van der Waals surface area contributed by atoms with Gasteiger partial charge in [-0.25, -0.2) is 4.79 Å². The number of amides is 4. The summed E-state index contributed by atoms with van der Waals surface area (Å²) < 4.78 is 0. The Labute approximate surface area is 196 Å². The third-order valence-electron chi connectivity index (χ3n) is 5.23. The van der Waals surface area contributed by atoms with Crippen LogP contribution in [0, 0.1) is 0 Å². The lowest BCUT2D eigenvalue weighted by Crippen LogP contribution is -2.57. The fraction of sp³-hybridized carbons (Fsp3) is 0.684. The number of nitrogens with one attached hydrogen (secondary N) is 2. The van der Waals surface area contributed by atoms with E-state index in [1.54, 1.807) is 0 Å². The number of hydrogen-bond acceptors (Lipinski definition) is 8. The molecular weight excluding hydrogens is 452 g/mol. The molecule has 34 heavy (non-hydrogen) atoms. The highest BCUT2D eigenvalue weighted by molar-refractivity contribution is 5.94. The minimum atomic E-state index is -1.28. The lowest BCUT2D eigenvalue weighted by molar-refractivity contribution is -0.145. The van der Waals surface area contributed by atoms with Crippen molar-refractivity contribution in [2.24, 2.45) is 27.9 Å². The van der Waals surface area contributed by atoms with Crippen LogP contribution in [-0.4, -0.2) is 94.5 Å². The van der Waals surface area contributed by atoms with Crippen LogP contribution in [0.5, 0.6) is 0 Å². The fourth-order valence-electron chi connectivity index (χ4n) is 3.44. The van der Waals surface area contributed by atoms with E-state index in [9.17, 15) is 29.1 Å². The lowest BCUT2D eigenvalue weighted by Gasteiger charge is -2.29. The Kier molecular flexibility index (Phi) is 11.7. The molecule has 4 atom stereocenters. The minimum absolute atomic E-state index is 0.0643. The first-order valence-corrected chi connectivity index (χ1v) is 10.8. The summed E-state index contributed by atoms with van der Waals surface area (Å²) in [7, 11) is 0. The molecule has 1 heterocycles. The summed E-state index contributed by atoms with van der Waals surface area (Å²) in [6, 6.07) is -4.67. The molecule has 12 N–H and O–H groups in total. The van der Waals surface area contributed by atoms with Crippen LogP contribution in [-0.2, 0) is 24.0 Å². The molecule has 0 aromatic rings. The van der Waals surface area contributed by atoms with Gasteiger partial charge in [0, 0.05) is 19.5 Å². The van der Waals surface area contributed by atoms with Crippen LogP contribution in [0.2, 0.25) is 0 Å². The standard InChI is InChI=1S/C19H34N8O7/c20-10(9-28)15(30)25-11(5-6-14(21)29)17(32)27-8-2-4-13(27)16(31)26-12(18(33)34)3-1-7-24-19(22)23/h10-13,28H,1-9,20H2,(H2,21,29)(H,25,30)(H,26,31)(H,33,34)(H4,22,23,24). The molecule has 0 bridgehead atoms. The predicted molar refractivity (Wildman–Crippen MR) is 120 cm³/mol. The maximum atomic E-state index is 13.1. The van der Waals surface area contributed by atoms with Gasteiger partial charge in [0.25, 0.3) is 0 Å². The van der Waals surface area contributed by atoms with Crippen LogP contribution in [0.4, 0.5) is 0 Å². The molecule has 0 aliphatic carbocycles. The van der Waals surface area contributed by atoms with Gasteiger partial charge in [0.15, 0.2) is 5.96 Å².